The number of benzene rings is 2. The van der Waals surface area contributed by atoms with Crippen LogP contribution in [0.2, 0.25) is 0 Å². The summed E-state index contributed by atoms with van der Waals surface area (Å²) < 4.78 is 1.15. The van der Waals surface area contributed by atoms with E-state index in [1.165, 1.54) is 36.0 Å². The van der Waals surface area contributed by atoms with Crippen molar-refractivity contribution >= 4 is 15.9 Å². The summed E-state index contributed by atoms with van der Waals surface area (Å²) in [5.74, 6) is 0.817. The first kappa shape index (κ1) is 14.8. The molecule has 1 nitrogen and oxygen atoms in total. The molecule has 0 heterocycles. The van der Waals surface area contributed by atoms with Gasteiger partial charge in [0.15, 0.2) is 0 Å². The Hall–Kier alpha value is -1.12. The highest BCUT2D eigenvalue weighted by atomic mass is 79.9. The van der Waals surface area contributed by atoms with Crippen LogP contribution < -0.4 is 5.32 Å². The fraction of sp³-hybridized carbons (Fsp3) is 0.368. The molecule has 0 amide bonds. The van der Waals surface area contributed by atoms with Crippen LogP contribution in [0.15, 0.2) is 53.0 Å². The summed E-state index contributed by atoms with van der Waals surface area (Å²) in [7, 11) is 2.04. The first-order chi connectivity index (χ1) is 10.3. The molecular weight excluding hydrogens is 322 g/mol. The average Bonchev–Trinajstić information content (AvgIpc) is 2.44. The van der Waals surface area contributed by atoms with Gasteiger partial charge in [-0.25, -0.2) is 0 Å². The summed E-state index contributed by atoms with van der Waals surface area (Å²) in [5.41, 5.74) is 4.25. The van der Waals surface area contributed by atoms with Crippen molar-refractivity contribution in [1.82, 2.24) is 5.32 Å². The zero-order valence-corrected chi connectivity index (χ0v) is 14.1. The SMILES string of the molecule is CNC(Cc1cccc(Br)c1)c1ccc(C2CCC2)cc1. The number of halogens is 1. The third-order valence-corrected chi connectivity index (χ3v) is 5.09. The Kier molecular flexibility index (Phi) is 4.77. The maximum Gasteiger partial charge on any atom is 0.0358 e. The summed E-state index contributed by atoms with van der Waals surface area (Å²) in [6, 6.07) is 18.2. The van der Waals surface area contributed by atoms with E-state index >= 15 is 0 Å². The van der Waals surface area contributed by atoms with Crippen molar-refractivity contribution in [2.24, 2.45) is 0 Å². The molecule has 0 radical (unpaired) electrons. The van der Waals surface area contributed by atoms with Gasteiger partial charge in [-0.15, -0.1) is 0 Å². The molecule has 2 heteroatoms. The van der Waals surface area contributed by atoms with Crippen LogP contribution in [0.1, 0.15) is 47.9 Å². The van der Waals surface area contributed by atoms with E-state index in [1.807, 2.05) is 7.05 Å². The van der Waals surface area contributed by atoms with Gasteiger partial charge in [-0.3, -0.25) is 0 Å². The molecule has 0 saturated heterocycles. The van der Waals surface area contributed by atoms with Crippen LogP contribution in [0, 0.1) is 0 Å². The monoisotopic (exact) mass is 343 g/mol. The Morgan fingerprint density at radius 1 is 1.14 bits per heavy atom. The largest absolute Gasteiger partial charge is 0.313 e. The molecule has 110 valence electrons. The van der Waals surface area contributed by atoms with Crippen molar-refractivity contribution in [3.8, 4) is 0 Å². The number of nitrogens with one attached hydrogen (secondary N) is 1. The van der Waals surface area contributed by atoms with Gasteiger partial charge < -0.3 is 5.32 Å². The standard InChI is InChI=1S/C19H22BrN/c1-21-19(13-14-4-2-7-18(20)12-14)17-10-8-16(9-11-17)15-5-3-6-15/h2,4,7-12,15,19,21H,3,5-6,13H2,1H3. The summed E-state index contributed by atoms with van der Waals surface area (Å²) in [6.07, 6.45) is 5.15. The zero-order chi connectivity index (χ0) is 14.7. The van der Waals surface area contributed by atoms with E-state index in [1.54, 1.807) is 0 Å². The van der Waals surface area contributed by atoms with Crippen LogP contribution in [-0.2, 0) is 6.42 Å². The Balaban J connectivity index is 1.73. The molecule has 1 unspecified atom stereocenters. The molecule has 1 atom stereocenters. The van der Waals surface area contributed by atoms with Gasteiger partial charge in [0.25, 0.3) is 0 Å². The number of rotatable bonds is 5. The molecule has 2 aromatic rings. The molecule has 1 fully saturated rings. The highest BCUT2D eigenvalue weighted by Gasteiger charge is 2.19. The molecule has 1 saturated carbocycles. The van der Waals surface area contributed by atoms with Crippen molar-refractivity contribution in [2.45, 2.75) is 37.6 Å². The number of hydrogen-bond acceptors (Lipinski definition) is 1. The van der Waals surface area contributed by atoms with Gasteiger partial charge in [0.1, 0.15) is 0 Å². The predicted molar refractivity (Wildman–Crippen MR) is 92.7 cm³/mol. The second-order valence-corrected chi connectivity index (χ2v) is 6.89. The first-order valence-electron chi connectivity index (χ1n) is 7.78. The van der Waals surface area contributed by atoms with Crippen LogP contribution >= 0.6 is 15.9 Å². The lowest BCUT2D eigenvalue weighted by molar-refractivity contribution is 0.419. The molecule has 21 heavy (non-hydrogen) atoms. The quantitative estimate of drug-likeness (QED) is 0.784. The number of likely N-dealkylation sites (N-methyl/N-ethyl adjacent to an activating group) is 1. The maximum atomic E-state index is 3.55. The van der Waals surface area contributed by atoms with Crippen LogP contribution in [0.5, 0.6) is 0 Å². The molecular formula is C19H22BrN. The van der Waals surface area contributed by atoms with E-state index in [9.17, 15) is 0 Å². The Labute approximate surface area is 135 Å². The van der Waals surface area contributed by atoms with E-state index in [4.69, 9.17) is 0 Å². The lowest BCUT2D eigenvalue weighted by Gasteiger charge is -2.26. The highest BCUT2D eigenvalue weighted by Crippen LogP contribution is 2.36. The Morgan fingerprint density at radius 2 is 1.90 bits per heavy atom. The smallest absolute Gasteiger partial charge is 0.0358 e. The van der Waals surface area contributed by atoms with E-state index in [-0.39, 0.29) is 0 Å². The molecule has 3 rings (SSSR count). The van der Waals surface area contributed by atoms with Gasteiger partial charge in [0.05, 0.1) is 0 Å². The van der Waals surface area contributed by atoms with E-state index in [0.29, 0.717) is 6.04 Å². The lowest BCUT2D eigenvalue weighted by atomic mass is 9.79. The lowest BCUT2D eigenvalue weighted by Crippen LogP contribution is -2.19. The van der Waals surface area contributed by atoms with Gasteiger partial charge in [0, 0.05) is 10.5 Å². The Bertz CT molecular complexity index is 587. The number of hydrogen-bond donors (Lipinski definition) is 1. The fourth-order valence-corrected chi connectivity index (χ4v) is 3.47. The van der Waals surface area contributed by atoms with Crippen LogP contribution in [0.3, 0.4) is 0 Å². The molecule has 0 aliphatic heterocycles. The summed E-state index contributed by atoms with van der Waals surface area (Å²) in [5, 5.41) is 3.45. The van der Waals surface area contributed by atoms with Crippen LogP contribution in [-0.4, -0.2) is 7.05 Å². The fourth-order valence-electron chi connectivity index (χ4n) is 3.03. The topological polar surface area (TPSA) is 12.0 Å². The second kappa shape index (κ2) is 6.76. The highest BCUT2D eigenvalue weighted by molar-refractivity contribution is 9.10. The van der Waals surface area contributed by atoms with Crippen molar-refractivity contribution in [1.29, 1.82) is 0 Å². The zero-order valence-electron chi connectivity index (χ0n) is 12.5. The molecule has 1 aliphatic carbocycles. The van der Waals surface area contributed by atoms with Crippen molar-refractivity contribution < 1.29 is 0 Å². The summed E-state index contributed by atoms with van der Waals surface area (Å²) in [4.78, 5) is 0. The molecule has 0 spiro atoms. The van der Waals surface area contributed by atoms with Gasteiger partial charge in [0.2, 0.25) is 0 Å². The van der Waals surface area contributed by atoms with E-state index < -0.39 is 0 Å². The summed E-state index contributed by atoms with van der Waals surface area (Å²) in [6.45, 7) is 0. The van der Waals surface area contributed by atoms with Crippen molar-refractivity contribution in [3.05, 3.63) is 69.7 Å². The van der Waals surface area contributed by atoms with Gasteiger partial charge in [-0.1, -0.05) is 58.7 Å². The van der Waals surface area contributed by atoms with E-state index in [2.05, 4.69) is 69.8 Å². The minimum atomic E-state index is 0.370. The minimum absolute atomic E-state index is 0.370. The van der Waals surface area contributed by atoms with Crippen LogP contribution in [0.25, 0.3) is 0 Å². The molecule has 0 aromatic heterocycles. The molecule has 2 aromatic carbocycles. The van der Waals surface area contributed by atoms with Gasteiger partial charge in [-0.05, 0) is 61.1 Å². The molecule has 0 bridgehead atoms. The van der Waals surface area contributed by atoms with Crippen molar-refractivity contribution in [3.63, 3.8) is 0 Å². The third-order valence-electron chi connectivity index (χ3n) is 4.59. The molecule has 1 N–H and O–H groups in total. The van der Waals surface area contributed by atoms with Gasteiger partial charge in [-0.2, -0.15) is 0 Å². The first-order valence-corrected chi connectivity index (χ1v) is 8.57. The normalized spacial score (nSPS) is 16.5. The predicted octanol–water partition coefficient (Wildman–Crippen LogP) is 5.22. The van der Waals surface area contributed by atoms with Crippen LogP contribution in [0.4, 0.5) is 0 Å². The average molecular weight is 344 g/mol. The second-order valence-electron chi connectivity index (χ2n) is 5.97. The third kappa shape index (κ3) is 3.56. The molecule has 1 aliphatic rings. The Morgan fingerprint density at radius 3 is 2.48 bits per heavy atom. The minimum Gasteiger partial charge on any atom is -0.313 e. The van der Waals surface area contributed by atoms with E-state index in [0.717, 1.165) is 16.8 Å². The summed E-state index contributed by atoms with van der Waals surface area (Å²) >= 11 is 3.55. The maximum absolute atomic E-state index is 3.55. The van der Waals surface area contributed by atoms with Crippen molar-refractivity contribution in [2.75, 3.05) is 7.05 Å². The van der Waals surface area contributed by atoms with Gasteiger partial charge >= 0.3 is 0 Å².